The molecule has 21 heavy (non-hydrogen) atoms. The molecule has 114 valence electrons. The summed E-state index contributed by atoms with van der Waals surface area (Å²) < 4.78 is 15.1. The van der Waals surface area contributed by atoms with Gasteiger partial charge in [-0.15, -0.1) is 0 Å². The van der Waals surface area contributed by atoms with Gasteiger partial charge in [0.05, 0.1) is 26.5 Å². The average molecular weight is 293 g/mol. The van der Waals surface area contributed by atoms with Crippen LogP contribution in [0.3, 0.4) is 0 Å². The van der Waals surface area contributed by atoms with Crippen LogP contribution in [0.25, 0.3) is 0 Å². The minimum Gasteiger partial charge on any atom is -0.497 e. The zero-order chi connectivity index (χ0) is 15.4. The first-order valence-electron chi connectivity index (χ1n) is 6.83. The summed E-state index contributed by atoms with van der Waals surface area (Å²) in [6.45, 7) is 1.97. The monoisotopic (exact) mass is 293 g/mol. The molecular weight excluding hydrogens is 274 g/mol. The number of carbonyl (C=O) groups excluding carboxylic acids is 2. The molecule has 0 N–H and O–H groups in total. The summed E-state index contributed by atoms with van der Waals surface area (Å²) in [5.41, 5.74) is 1.61. The van der Waals surface area contributed by atoms with Crippen molar-refractivity contribution in [3.8, 4) is 5.75 Å². The summed E-state index contributed by atoms with van der Waals surface area (Å²) in [4.78, 5) is 25.5. The van der Waals surface area contributed by atoms with Crippen LogP contribution in [0.4, 0.5) is 10.5 Å². The summed E-state index contributed by atoms with van der Waals surface area (Å²) >= 11 is 0. The Kier molecular flexibility index (Phi) is 4.67. The molecule has 6 heteroatoms. The average Bonchev–Trinajstić information content (AvgIpc) is 2.52. The van der Waals surface area contributed by atoms with Gasteiger partial charge in [0.25, 0.3) is 0 Å². The summed E-state index contributed by atoms with van der Waals surface area (Å²) in [6.07, 6.45) is 0.618. The van der Waals surface area contributed by atoms with Crippen LogP contribution in [0.5, 0.6) is 5.75 Å². The topological polar surface area (TPSA) is 65.1 Å². The van der Waals surface area contributed by atoms with Gasteiger partial charge in [0.2, 0.25) is 0 Å². The van der Waals surface area contributed by atoms with Gasteiger partial charge in [-0.25, -0.2) is 9.59 Å². The minimum atomic E-state index is -0.657. The standard InChI is InChI=1S/C15H19NO5/c1-4-21-15(18)16-12-8-6-11(19-2)9-10(12)5-7-13(16)14(17)20-3/h6,8-9,13H,4-5,7H2,1-3H3. The molecule has 1 amide bonds. The van der Waals surface area contributed by atoms with Gasteiger partial charge in [-0.1, -0.05) is 0 Å². The highest BCUT2D eigenvalue weighted by Crippen LogP contribution is 2.34. The fraction of sp³-hybridized carbons (Fsp3) is 0.467. The number of nitrogens with zero attached hydrogens (tertiary/aromatic N) is 1. The number of hydrogen-bond acceptors (Lipinski definition) is 5. The van der Waals surface area contributed by atoms with Crippen LogP contribution in [0.15, 0.2) is 18.2 Å². The highest BCUT2D eigenvalue weighted by atomic mass is 16.6. The van der Waals surface area contributed by atoms with Gasteiger partial charge in [-0.2, -0.15) is 0 Å². The molecule has 0 saturated carbocycles. The number of benzene rings is 1. The maximum Gasteiger partial charge on any atom is 0.415 e. The second-order valence-corrected chi connectivity index (χ2v) is 4.64. The molecule has 2 rings (SSSR count). The summed E-state index contributed by atoms with van der Waals surface area (Å²) in [5, 5.41) is 0. The number of aryl methyl sites for hydroxylation is 1. The number of ether oxygens (including phenoxy) is 3. The highest BCUT2D eigenvalue weighted by Gasteiger charge is 2.37. The first-order valence-corrected chi connectivity index (χ1v) is 6.83. The van der Waals surface area contributed by atoms with Gasteiger partial charge >= 0.3 is 12.1 Å². The van der Waals surface area contributed by atoms with E-state index in [4.69, 9.17) is 14.2 Å². The summed E-state index contributed by atoms with van der Waals surface area (Å²) in [5.74, 6) is 0.276. The fourth-order valence-corrected chi connectivity index (χ4v) is 2.49. The molecule has 0 aromatic heterocycles. The number of amides is 1. The van der Waals surface area contributed by atoms with E-state index >= 15 is 0 Å². The zero-order valence-corrected chi connectivity index (χ0v) is 12.4. The highest BCUT2D eigenvalue weighted by molar-refractivity contribution is 5.97. The van der Waals surface area contributed by atoms with Crippen LogP contribution >= 0.6 is 0 Å². The van der Waals surface area contributed by atoms with E-state index in [1.54, 1.807) is 26.2 Å². The van der Waals surface area contributed by atoms with Crippen molar-refractivity contribution in [3.63, 3.8) is 0 Å². The third-order valence-corrected chi connectivity index (χ3v) is 3.48. The zero-order valence-electron chi connectivity index (χ0n) is 12.4. The normalized spacial score (nSPS) is 16.9. The van der Waals surface area contributed by atoms with Gasteiger partial charge in [0.1, 0.15) is 11.8 Å². The lowest BCUT2D eigenvalue weighted by Gasteiger charge is -2.34. The predicted molar refractivity (Wildman–Crippen MR) is 76.6 cm³/mol. The van der Waals surface area contributed by atoms with Crippen LogP contribution in [-0.2, 0) is 20.7 Å². The molecule has 1 aliphatic heterocycles. The quantitative estimate of drug-likeness (QED) is 0.799. The summed E-state index contributed by atoms with van der Waals surface area (Å²) in [6, 6.07) is 4.73. The molecule has 1 atom stereocenters. The van der Waals surface area contributed by atoms with E-state index in [2.05, 4.69) is 0 Å². The number of fused-ring (bicyclic) bond motifs is 1. The van der Waals surface area contributed by atoms with Crippen molar-refractivity contribution in [2.24, 2.45) is 0 Å². The van der Waals surface area contributed by atoms with Crippen molar-refractivity contribution < 1.29 is 23.8 Å². The van der Waals surface area contributed by atoms with Crippen molar-refractivity contribution in [2.75, 3.05) is 25.7 Å². The van der Waals surface area contributed by atoms with Gasteiger partial charge in [-0.05, 0) is 43.5 Å². The Morgan fingerprint density at radius 2 is 2.10 bits per heavy atom. The fourth-order valence-electron chi connectivity index (χ4n) is 2.49. The first kappa shape index (κ1) is 15.2. The lowest BCUT2D eigenvalue weighted by molar-refractivity contribution is -0.142. The molecule has 0 bridgehead atoms. The molecule has 0 fully saturated rings. The first-order chi connectivity index (χ1) is 10.1. The van der Waals surface area contributed by atoms with Crippen LogP contribution in [0.1, 0.15) is 18.9 Å². The van der Waals surface area contributed by atoms with Crippen molar-refractivity contribution in [2.45, 2.75) is 25.8 Å². The second-order valence-electron chi connectivity index (χ2n) is 4.64. The molecule has 1 aliphatic rings. The van der Waals surface area contributed by atoms with Crippen LogP contribution < -0.4 is 9.64 Å². The molecule has 1 unspecified atom stereocenters. The Labute approximate surface area is 123 Å². The molecule has 6 nitrogen and oxygen atoms in total. The number of methoxy groups -OCH3 is 2. The number of anilines is 1. The molecule has 1 aromatic rings. The van der Waals surface area contributed by atoms with E-state index in [0.29, 0.717) is 24.3 Å². The lowest BCUT2D eigenvalue weighted by Crippen LogP contribution is -2.49. The van der Waals surface area contributed by atoms with Crippen molar-refractivity contribution >= 4 is 17.7 Å². The molecule has 0 aliphatic carbocycles. The molecular formula is C15H19NO5. The predicted octanol–water partition coefficient (Wildman–Crippen LogP) is 2.15. The lowest BCUT2D eigenvalue weighted by atomic mass is 9.96. The van der Waals surface area contributed by atoms with E-state index in [1.165, 1.54) is 12.0 Å². The number of rotatable bonds is 3. The van der Waals surface area contributed by atoms with Crippen LogP contribution in [0.2, 0.25) is 0 Å². The van der Waals surface area contributed by atoms with Gasteiger partial charge in [-0.3, -0.25) is 4.90 Å². The van der Waals surface area contributed by atoms with Crippen molar-refractivity contribution in [1.29, 1.82) is 0 Å². The molecule has 0 saturated heterocycles. The van der Waals surface area contributed by atoms with Crippen molar-refractivity contribution in [3.05, 3.63) is 23.8 Å². The maximum absolute atomic E-state index is 12.2. The van der Waals surface area contributed by atoms with Gasteiger partial charge in [0.15, 0.2) is 0 Å². The molecule has 0 spiro atoms. The number of carbonyl (C=O) groups is 2. The van der Waals surface area contributed by atoms with E-state index in [0.717, 1.165) is 5.56 Å². The Balaban J connectivity index is 2.42. The van der Waals surface area contributed by atoms with Gasteiger partial charge in [0, 0.05) is 0 Å². The van der Waals surface area contributed by atoms with Crippen LogP contribution in [-0.4, -0.2) is 38.9 Å². The van der Waals surface area contributed by atoms with Crippen LogP contribution in [0, 0.1) is 0 Å². The SMILES string of the molecule is CCOC(=O)N1c2ccc(OC)cc2CCC1C(=O)OC. The third-order valence-electron chi connectivity index (χ3n) is 3.48. The molecule has 1 aromatic carbocycles. The molecule has 1 heterocycles. The number of hydrogen-bond donors (Lipinski definition) is 0. The largest absolute Gasteiger partial charge is 0.497 e. The Morgan fingerprint density at radius 1 is 1.33 bits per heavy atom. The Morgan fingerprint density at radius 3 is 2.71 bits per heavy atom. The van der Waals surface area contributed by atoms with E-state index in [1.807, 2.05) is 6.07 Å². The van der Waals surface area contributed by atoms with Crippen molar-refractivity contribution in [1.82, 2.24) is 0 Å². The smallest absolute Gasteiger partial charge is 0.415 e. The maximum atomic E-state index is 12.2. The van der Waals surface area contributed by atoms with E-state index in [-0.39, 0.29) is 6.61 Å². The molecule has 0 radical (unpaired) electrons. The minimum absolute atomic E-state index is 0.245. The van der Waals surface area contributed by atoms with E-state index < -0.39 is 18.1 Å². The van der Waals surface area contributed by atoms with Gasteiger partial charge < -0.3 is 14.2 Å². The summed E-state index contributed by atoms with van der Waals surface area (Å²) in [7, 11) is 2.90. The van der Waals surface area contributed by atoms with E-state index in [9.17, 15) is 9.59 Å². The Bertz CT molecular complexity index is 543. The third kappa shape index (κ3) is 2.94. The Hall–Kier alpha value is -2.24. The second kappa shape index (κ2) is 6.47. The number of esters is 1.